The molecule has 0 aliphatic rings. The molecule has 56 heavy (non-hydrogen) atoms. The first-order valence-corrected chi connectivity index (χ1v) is 28.2. The van der Waals surface area contributed by atoms with Gasteiger partial charge >= 0.3 is 31.0 Å². The van der Waals surface area contributed by atoms with E-state index < -0.39 is 78.6 Å². The Labute approximate surface area is 341 Å². The highest BCUT2D eigenvalue weighted by Gasteiger charge is 2.33. The minimum absolute atomic E-state index is 0.0309. The second-order valence-corrected chi connectivity index (χ2v) is 28.7. The van der Waals surface area contributed by atoms with Gasteiger partial charge in [-0.25, -0.2) is 0 Å². The zero-order chi connectivity index (χ0) is 45.7. The maximum absolute atomic E-state index is 12.1. The molecule has 0 rings (SSSR count). The second kappa shape index (κ2) is 23.5. The van der Waals surface area contributed by atoms with Crippen molar-refractivity contribution < 1.29 is 88.0 Å². The van der Waals surface area contributed by atoms with E-state index in [0.717, 1.165) is 0 Å². The smallest absolute Gasteiger partial charge is 0.694 e. The molecule has 0 saturated heterocycles. The van der Waals surface area contributed by atoms with Gasteiger partial charge in [-0.3, -0.25) is 18.3 Å². The molecule has 0 spiro atoms. The number of hydrogen-bond acceptors (Lipinski definition) is 17. The number of phosphoric acid groups is 1. The van der Waals surface area contributed by atoms with Crippen LogP contribution in [0.2, 0.25) is 0 Å². The van der Waals surface area contributed by atoms with Crippen molar-refractivity contribution in [1.82, 2.24) is 0 Å². The highest BCUT2D eigenvalue weighted by Crippen LogP contribution is 2.51. The average molecular weight is 952 g/mol. The maximum Gasteiger partial charge on any atom is 0.694 e. The topological polar surface area (TPSA) is 275 Å². The van der Waals surface area contributed by atoms with Crippen LogP contribution in [-0.2, 0) is 75.3 Å². The quantitative estimate of drug-likeness (QED) is 0.0928. The lowest BCUT2D eigenvalue weighted by Crippen LogP contribution is -2.26. The molecule has 0 aliphatic carbocycles. The lowest BCUT2D eigenvalue weighted by Gasteiger charge is -2.31. The zero-order valence-corrected chi connectivity index (χ0v) is 42.4. The molecule has 0 radical (unpaired) electrons. The van der Waals surface area contributed by atoms with Crippen LogP contribution in [-0.4, -0.2) is 91.1 Å². The fourth-order valence-electron chi connectivity index (χ4n) is 3.32. The van der Waals surface area contributed by atoms with Gasteiger partial charge in [0.1, 0.15) is 13.3 Å². The van der Waals surface area contributed by atoms with Crippen LogP contribution < -0.4 is 9.79 Å². The van der Waals surface area contributed by atoms with E-state index in [9.17, 15) is 32.6 Å². The summed E-state index contributed by atoms with van der Waals surface area (Å²) in [5, 5.41) is 0. The summed E-state index contributed by atoms with van der Waals surface area (Å²) in [5.41, 5.74) is -3.62. The molecule has 0 aliphatic heterocycles. The van der Waals surface area contributed by atoms with Crippen LogP contribution in [0.3, 0.4) is 0 Å². The summed E-state index contributed by atoms with van der Waals surface area (Å²) >= 11 is 4.25. The van der Waals surface area contributed by atoms with Gasteiger partial charge in [-0.2, -0.15) is 0 Å². The normalized spacial score (nSPS) is 19.0. The SMILES string of the molecule is CC(C)(COP(=O)([O-])O)COP(C)(=O)OC(C)(C)C.CC(C)(COP(C)(=O)OC(C)(C)C)COP([O-])(O)=S.CC(C)(CO[P+](=O)O)COP(C)(=O)OC(C)(C)C. The highest BCUT2D eigenvalue weighted by atomic mass is 32.5. The van der Waals surface area contributed by atoms with Crippen LogP contribution in [0.1, 0.15) is 104 Å². The van der Waals surface area contributed by atoms with Gasteiger partial charge < -0.3 is 55.8 Å². The highest BCUT2D eigenvalue weighted by molar-refractivity contribution is 8.06. The molecule has 0 aromatic rings. The van der Waals surface area contributed by atoms with Gasteiger partial charge in [-0.05, 0) is 62.3 Å². The van der Waals surface area contributed by atoms with Crippen molar-refractivity contribution in [3.8, 4) is 0 Å². The Kier molecular flexibility index (Phi) is 25.8. The first kappa shape index (κ1) is 61.4. The van der Waals surface area contributed by atoms with Crippen LogP contribution in [0.15, 0.2) is 0 Å². The van der Waals surface area contributed by atoms with E-state index in [1.54, 1.807) is 104 Å². The zero-order valence-electron chi connectivity index (χ0n) is 36.2. The number of hydrogen-bond donors (Lipinski definition) is 3. The Balaban J connectivity index is -0.000000753. The Morgan fingerprint density at radius 3 is 0.946 bits per heavy atom. The number of rotatable bonds is 21. The minimum Gasteiger partial charge on any atom is -0.780 e. The molecule has 3 N–H and O–H groups in total. The summed E-state index contributed by atoms with van der Waals surface area (Å²) in [6, 6.07) is 0. The van der Waals surface area contributed by atoms with Crippen molar-refractivity contribution in [2.24, 2.45) is 16.2 Å². The molecule has 26 heteroatoms. The molecule has 0 bridgehead atoms. The summed E-state index contributed by atoms with van der Waals surface area (Å²) in [6.07, 6.45) is 0. The van der Waals surface area contributed by atoms with E-state index in [0.29, 0.717) is 0 Å². The average Bonchev–Trinajstić information content (AvgIpc) is 2.88. The Morgan fingerprint density at radius 2 is 0.732 bits per heavy atom. The molecule has 340 valence electrons. The predicted molar refractivity (Wildman–Crippen MR) is 216 cm³/mol. The first-order chi connectivity index (χ1) is 24.1. The Hall–Kier alpha value is 1.11. The molecule has 6 unspecified atom stereocenters. The maximum atomic E-state index is 12.1. The minimum atomic E-state index is -4.77. The monoisotopic (exact) mass is 951 g/mol. The molecule has 19 nitrogen and oxygen atoms in total. The fourth-order valence-corrected chi connectivity index (χ4v) is 9.85. The van der Waals surface area contributed by atoms with Crippen molar-refractivity contribution >= 4 is 57.4 Å². The molecule has 0 aromatic heterocycles. The first-order valence-electron chi connectivity index (χ1n) is 17.0. The van der Waals surface area contributed by atoms with E-state index >= 15 is 0 Å². The van der Waals surface area contributed by atoms with Crippen molar-refractivity contribution in [2.45, 2.75) is 121 Å². The Bertz CT molecular complexity index is 1360. The van der Waals surface area contributed by atoms with Gasteiger partial charge in [-0.1, -0.05) is 53.3 Å². The van der Waals surface area contributed by atoms with E-state index in [-0.39, 0.29) is 39.6 Å². The van der Waals surface area contributed by atoms with Gasteiger partial charge in [0.05, 0.1) is 49.8 Å². The lowest BCUT2D eigenvalue weighted by molar-refractivity contribution is -0.222. The van der Waals surface area contributed by atoms with E-state index in [1.807, 2.05) is 0 Å². The standard InChI is InChI=1S/C10H24O7P2.C10H24O6P2S.C10H22O6P2/c1-9(2,3)17-18(6,11)15-7-10(4,5)8-16-19(12,13)14;1-9(2,3)16-17(6,11)14-7-10(4,5)8-15-18(12,13)19;1-9(2,3)16-18(6,13)15-8-10(4,5)7-14-17(11)12/h7-8H2,1-6H3,(H2,12,13,14);7-8H2,1-6H3,(H2,12,13,19);7-8H2,1-6H3/p-1. The molecule has 0 saturated carbocycles. The van der Waals surface area contributed by atoms with Gasteiger partial charge in [0.2, 0.25) is 0 Å². The molecule has 0 amide bonds. The largest absolute Gasteiger partial charge is 0.780 e. The lowest BCUT2D eigenvalue weighted by atomic mass is 9.97. The van der Waals surface area contributed by atoms with Crippen molar-refractivity contribution in [1.29, 1.82) is 0 Å². The third-order valence-electron chi connectivity index (χ3n) is 5.19. The predicted octanol–water partition coefficient (Wildman–Crippen LogP) is 7.74. The van der Waals surface area contributed by atoms with Crippen LogP contribution in [0.5, 0.6) is 0 Å². The van der Waals surface area contributed by atoms with Crippen LogP contribution in [0, 0.1) is 16.2 Å². The third-order valence-corrected chi connectivity index (χ3v) is 11.2. The molecular weight excluding hydrogens is 882 g/mol. The van der Waals surface area contributed by atoms with Crippen LogP contribution in [0.4, 0.5) is 0 Å². The molecular formula is C30H69O19P6S-. The summed E-state index contributed by atoms with van der Waals surface area (Å²) in [4.78, 5) is 47.4. The second-order valence-electron chi connectivity index (χ2n) is 18.2. The molecule has 0 fully saturated rings. The van der Waals surface area contributed by atoms with Crippen molar-refractivity contribution in [3.63, 3.8) is 0 Å². The Morgan fingerprint density at radius 1 is 0.500 bits per heavy atom. The van der Waals surface area contributed by atoms with E-state index in [1.165, 1.54) is 20.0 Å². The van der Waals surface area contributed by atoms with Gasteiger partial charge in [0.15, 0.2) is 0 Å². The van der Waals surface area contributed by atoms with Gasteiger partial charge in [0, 0.05) is 40.8 Å². The van der Waals surface area contributed by atoms with Gasteiger partial charge in [-0.15, -0.1) is 9.42 Å². The van der Waals surface area contributed by atoms with Crippen LogP contribution in [0.25, 0.3) is 0 Å². The third kappa shape index (κ3) is 44.7. The van der Waals surface area contributed by atoms with E-state index in [4.69, 9.17) is 41.8 Å². The molecule has 0 aromatic carbocycles. The molecule has 0 heterocycles. The summed E-state index contributed by atoms with van der Waals surface area (Å²) in [6.45, 7) is 26.3. The van der Waals surface area contributed by atoms with E-state index in [2.05, 4.69) is 25.4 Å². The summed E-state index contributed by atoms with van der Waals surface area (Å²) in [7, 11) is -17.0. The summed E-state index contributed by atoms with van der Waals surface area (Å²) < 4.78 is 102. The fraction of sp³-hybridized carbons (Fsp3) is 1.00. The molecule has 6 atom stereocenters. The van der Waals surface area contributed by atoms with Crippen molar-refractivity contribution in [3.05, 3.63) is 0 Å². The van der Waals surface area contributed by atoms with Crippen LogP contribution >= 0.6 is 45.6 Å². The van der Waals surface area contributed by atoms with Crippen molar-refractivity contribution in [2.75, 3.05) is 59.6 Å². The summed E-state index contributed by atoms with van der Waals surface area (Å²) in [5.74, 6) is 0. The van der Waals surface area contributed by atoms with Gasteiger partial charge in [0.25, 0.3) is 7.82 Å². The number of phosphoric ester groups is 1.